The number of hydrogen-bond donors (Lipinski definition) is 1. The molecule has 0 atom stereocenters. The van der Waals surface area contributed by atoms with Crippen LogP contribution in [0, 0.1) is 5.82 Å². The second-order valence-electron chi connectivity index (χ2n) is 4.50. The Balaban J connectivity index is 2.09. The van der Waals surface area contributed by atoms with Crippen molar-refractivity contribution in [3.05, 3.63) is 60.0 Å². The Morgan fingerprint density at radius 1 is 1.10 bits per heavy atom. The molecular weight excluding hydrogens is 273 g/mol. The van der Waals surface area contributed by atoms with Crippen LogP contribution in [-0.4, -0.2) is 21.5 Å². The maximum Gasteiger partial charge on any atom is 0.289 e. The number of hydrogen-bond acceptors (Lipinski definition) is 3. The lowest BCUT2D eigenvalue weighted by atomic mass is 10.1. The van der Waals surface area contributed by atoms with E-state index in [-0.39, 0.29) is 11.4 Å². The predicted octanol–water partition coefficient (Wildman–Crippen LogP) is 1.83. The molecule has 0 saturated carbocycles. The summed E-state index contributed by atoms with van der Waals surface area (Å²) < 4.78 is 14.6. The van der Waals surface area contributed by atoms with Gasteiger partial charge in [-0.3, -0.25) is 9.59 Å². The molecule has 104 valence electrons. The molecule has 0 bridgehead atoms. The third kappa shape index (κ3) is 2.27. The molecule has 1 amide bonds. The largest absolute Gasteiger partial charge is 0.363 e. The van der Waals surface area contributed by atoms with E-state index in [1.807, 2.05) is 0 Å². The van der Waals surface area contributed by atoms with Crippen LogP contribution in [0.4, 0.5) is 4.39 Å². The number of primary amides is 1. The van der Waals surface area contributed by atoms with Gasteiger partial charge in [0.25, 0.3) is 5.91 Å². The molecule has 0 unspecified atom stereocenters. The summed E-state index contributed by atoms with van der Waals surface area (Å²) in [5, 5.41) is 4.89. The van der Waals surface area contributed by atoms with Gasteiger partial charge in [0.15, 0.2) is 0 Å². The first kappa shape index (κ1) is 13.0. The van der Waals surface area contributed by atoms with Crippen LogP contribution in [0.15, 0.2) is 48.7 Å². The number of amides is 1. The lowest BCUT2D eigenvalue weighted by molar-refractivity contribution is -0.114. The zero-order valence-corrected chi connectivity index (χ0v) is 10.8. The second-order valence-corrected chi connectivity index (χ2v) is 4.50. The van der Waals surface area contributed by atoms with Crippen molar-refractivity contribution in [1.82, 2.24) is 9.78 Å². The van der Waals surface area contributed by atoms with E-state index >= 15 is 0 Å². The van der Waals surface area contributed by atoms with Crippen LogP contribution in [0.2, 0.25) is 0 Å². The lowest BCUT2D eigenvalue weighted by Crippen LogP contribution is -2.22. The lowest BCUT2D eigenvalue weighted by Gasteiger charge is -2.04. The maximum atomic E-state index is 12.9. The van der Waals surface area contributed by atoms with Crippen LogP contribution in [-0.2, 0) is 4.79 Å². The van der Waals surface area contributed by atoms with Crippen molar-refractivity contribution in [1.29, 1.82) is 0 Å². The SMILES string of the molecule is NC(=O)C(=O)c1ccc2c(cnn2-c2ccc(F)cc2)c1. The van der Waals surface area contributed by atoms with Gasteiger partial charge in [-0.2, -0.15) is 5.10 Å². The smallest absolute Gasteiger partial charge is 0.289 e. The number of rotatable bonds is 3. The van der Waals surface area contributed by atoms with Gasteiger partial charge in [-0.05, 0) is 42.5 Å². The first-order chi connectivity index (χ1) is 10.1. The molecular formula is C15H10FN3O2. The number of ketones is 1. The molecule has 21 heavy (non-hydrogen) atoms. The molecule has 0 aliphatic heterocycles. The van der Waals surface area contributed by atoms with Crippen molar-refractivity contribution in [3.8, 4) is 5.69 Å². The Labute approximate surface area is 118 Å². The first-order valence-electron chi connectivity index (χ1n) is 6.14. The molecule has 0 spiro atoms. The van der Waals surface area contributed by atoms with Gasteiger partial charge in [-0.1, -0.05) is 0 Å². The van der Waals surface area contributed by atoms with E-state index in [1.54, 1.807) is 35.1 Å². The fourth-order valence-electron chi connectivity index (χ4n) is 2.10. The summed E-state index contributed by atoms with van der Waals surface area (Å²) in [4.78, 5) is 22.5. The Hall–Kier alpha value is -3.02. The number of nitrogens with zero attached hydrogens (tertiary/aromatic N) is 2. The molecule has 6 heteroatoms. The number of aromatic nitrogens is 2. The molecule has 3 aromatic rings. The van der Waals surface area contributed by atoms with Gasteiger partial charge in [-0.25, -0.2) is 9.07 Å². The molecule has 1 aromatic heterocycles. The highest BCUT2D eigenvalue weighted by Crippen LogP contribution is 2.20. The zero-order valence-electron chi connectivity index (χ0n) is 10.8. The van der Waals surface area contributed by atoms with Crippen molar-refractivity contribution in [2.45, 2.75) is 0 Å². The van der Waals surface area contributed by atoms with Crippen LogP contribution in [0.3, 0.4) is 0 Å². The average molecular weight is 283 g/mol. The summed E-state index contributed by atoms with van der Waals surface area (Å²) in [5.41, 5.74) is 6.63. The van der Waals surface area contributed by atoms with Crippen LogP contribution in [0.25, 0.3) is 16.6 Å². The van der Waals surface area contributed by atoms with Gasteiger partial charge < -0.3 is 5.73 Å². The summed E-state index contributed by atoms with van der Waals surface area (Å²) in [6, 6.07) is 10.6. The highest BCUT2D eigenvalue weighted by atomic mass is 19.1. The van der Waals surface area contributed by atoms with E-state index < -0.39 is 11.7 Å². The molecule has 1 heterocycles. The number of halogens is 1. The summed E-state index contributed by atoms with van der Waals surface area (Å²) in [7, 11) is 0. The Kier molecular flexibility index (Phi) is 2.98. The molecule has 0 aliphatic carbocycles. The van der Waals surface area contributed by atoms with E-state index in [9.17, 15) is 14.0 Å². The van der Waals surface area contributed by atoms with Crippen molar-refractivity contribution >= 4 is 22.6 Å². The van der Waals surface area contributed by atoms with Gasteiger partial charge >= 0.3 is 0 Å². The number of benzene rings is 2. The summed E-state index contributed by atoms with van der Waals surface area (Å²) in [6.07, 6.45) is 1.57. The van der Waals surface area contributed by atoms with E-state index in [0.717, 1.165) is 5.52 Å². The standard InChI is InChI=1S/C15H10FN3O2/c16-11-2-4-12(5-3-11)19-13-6-1-9(14(20)15(17)21)7-10(13)8-18-19/h1-8H,(H2,17,21). The number of Topliss-reactive ketones (excluding diaryl/α,β-unsaturated/α-hetero) is 1. The van der Waals surface area contributed by atoms with Gasteiger partial charge in [0.2, 0.25) is 5.78 Å². The monoisotopic (exact) mass is 283 g/mol. The minimum atomic E-state index is -1.000. The average Bonchev–Trinajstić information content (AvgIpc) is 2.90. The van der Waals surface area contributed by atoms with E-state index in [4.69, 9.17) is 5.73 Å². The number of fused-ring (bicyclic) bond motifs is 1. The van der Waals surface area contributed by atoms with Crippen molar-refractivity contribution in [2.75, 3.05) is 0 Å². The Morgan fingerprint density at radius 3 is 2.48 bits per heavy atom. The number of carbonyl (C=O) groups excluding carboxylic acids is 2. The zero-order chi connectivity index (χ0) is 15.0. The van der Waals surface area contributed by atoms with Crippen LogP contribution < -0.4 is 5.73 Å². The minimum Gasteiger partial charge on any atom is -0.363 e. The number of nitrogens with two attached hydrogens (primary N) is 1. The molecule has 0 fully saturated rings. The van der Waals surface area contributed by atoms with E-state index in [1.165, 1.54) is 18.2 Å². The summed E-state index contributed by atoms with van der Waals surface area (Å²) >= 11 is 0. The third-order valence-corrected chi connectivity index (χ3v) is 3.13. The van der Waals surface area contributed by atoms with Gasteiger partial charge in [0.05, 0.1) is 17.4 Å². The highest BCUT2D eigenvalue weighted by molar-refractivity contribution is 6.42. The second kappa shape index (κ2) is 4.82. The minimum absolute atomic E-state index is 0.216. The molecule has 5 nitrogen and oxygen atoms in total. The van der Waals surface area contributed by atoms with Crippen molar-refractivity contribution < 1.29 is 14.0 Å². The Morgan fingerprint density at radius 2 is 1.81 bits per heavy atom. The quantitative estimate of drug-likeness (QED) is 0.588. The fraction of sp³-hybridized carbons (Fsp3) is 0. The first-order valence-corrected chi connectivity index (χ1v) is 6.14. The van der Waals surface area contributed by atoms with Crippen molar-refractivity contribution in [3.63, 3.8) is 0 Å². The fourth-order valence-corrected chi connectivity index (χ4v) is 2.10. The van der Waals surface area contributed by atoms with Crippen LogP contribution in [0.5, 0.6) is 0 Å². The summed E-state index contributed by atoms with van der Waals surface area (Å²) in [6.45, 7) is 0. The van der Waals surface area contributed by atoms with Crippen LogP contribution >= 0.6 is 0 Å². The van der Waals surface area contributed by atoms with E-state index in [2.05, 4.69) is 5.10 Å². The number of carbonyl (C=O) groups is 2. The van der Waals surface area contributed by atoms with Gasteiger partial charge in [0, 0.05) is 10.9 Å². The molecule has 0 saturated heterocycles. The van der Waals surface area contributed by atoms with E-state index in [0.29, 0.717) is 11.1 Å². The van der Waals surface area contributed by atoms with Gasteiger partial charge in [0.1, 0.15) is 5.82 Å². The third-order valence-electron chi connectivity index (χ3n) is 3.13. The normalized spacial score (nSPS) is 10.7. The highest BCUT2D eigenvalue weighted by Gasteiger charge is 2.14. The molecule has 2 aromatic carbocycles. The summed E-state index contributed by atoms with van der Waals surface area (Å²) in [5.74, 6) is -2.07. The molecule has 0 aliphatic rings. The predicted molar refractivity (Wildman–Crippen MR) is 74.6 cm³/mol. The molecule has 2 N–H and O–H groups in total. The molecule has 3 rings (SSSR count). The Bertz CT molecular complexity index is 853. The van der Waals surface area contributed by atoms with Crippen LogP contribution in [0.1, 0.15) is 10.4 Å². The van der Waals surface area contributed by atoms with Gasteiger partial charge in [-0.15, -0.1) is 0 Å². The van der Waals surface area contributed by atoms with Crippen molar-refractivity contribution in [2.24, 2.45) is 5.73 Å². The maximum absolute atomic E-state index is 12.9. The topological polar surface area (TPSA) is 78.0 Å². The molecule has 0 radical (unpaired) electrons.